The number of amides is 2. The maximum Gasteiger partial charge on any atom is 0.255 e. The van der Waals surface area contributed by atoms with E-state index >= 15 is 0 Å². The van der Waals surface area contributed by atoms with Crippen LogP contribution in [0.4, 0.5) is 5.69 Å². The summed E-state index contributed by atoms with van der Waals surface area (Å²) in [6.45, 7) is 5.15. The topological polar surface area (TPSA) is 67.4 Å². The summed E-state index contributed by atoms with van der Waals surface area (Å²) in [4.78, 5) is 24.2. The average Bonchev–Trinajstić information content (AvgIpc) is 2.62. The van der Waals surface area contributed by atoms with Crippen molar-refractivity contribution in [2.45, 2.75) is 19.8 Å². The van der Waals surface area contributed by atoms with Crippen LogP contribution >= 0.6 is 0 Å². The summed E-state index contributed by atoms with van der Waals surface area (Å²) >= 11 is 0. The molecule has 0 aliphatic rings. The lowest BCUT2D eigenvalue weighted by Gasteiger charge is -2.09. The number of methoxy groups -OCH3 is 1. The molecular weight excluding hydrogens is 316 g/mol. The van der Waals surface area contributed by atoms with E-state index in [9.17, 15) is 9.59 Å². The van der Waals surface area contributed by atoms with E-state index in [2.05, 4.69) is 24.5 Å². The number of hydrogen-bond donors (Lipinski definition) is 2. The van der Waals surface area contributed by atoms with E-state index in [0.717, 1.165) is 0 Å². The van der Waals surface area contributed by atoms with Crippen molar-refractivity contribution < 1.29 is 14.3 Å². The molecule has 2 aromatic rings. The van der Waals surface area contributed by atoms with Crippen molar-refractivity contribution in [2.24, 2.45) is 0 Å². The molecular formula is C20H24N2O3. The Kier molecular flexibility index (Phi) is 6.71. The van der Waals surface area contributed by atoms with Crippen molar-refractivity contribution in [3.63, 3.8) is 0 Å². The number of ether oxygens (including phenoxy) is 1. The van der Waals surface area contributed by atoms with Gasteiger partial charge in [-0.1, -0.05) is 26.0 Å². The number of nitrogens with one attached hydrogen (secondary N) is 2. The molecule has 0 radical (unpaired) electrons. The molecule has 0 bridgehead atoms. The van der Waals surface area contributed by atoms with Crippen molar-refractivity contribution in [3.05, 3.63) is 65.2 Å². The SMILES string of the molecule is COCCNC(=O)c1ccc(NC(=O)c2ccc(C(C)C)cc2)cc1. The van der Waals surface area contributed by atoms with Crippen molar-refractivity contribution >= 4 is 17.5 Å². The minimum atomic E-state index is -0.174. The third kappa shape index (κ3) is 5.43. The van der Waals surface area contributed by atoms with Crippen molar-refractivity contribution in [2.75, 3.05) is 25.6 Å². The number of carbonyl (C=O) groups is 2. The maximum absolute atomic E-state index is 12.3. The first-order chi connectivity index (χ1) is 12.0. The van der Waals surface area contributed by atoms with Gasteiger partial charge in [-0.15, -0.1) is 0 Å². The third-order valence-corrected chi connectivity index (χ3v) is 3.84. The Bertz CT molecular complexity index is 707. The van der Waals surface area contributed by atoms with Crippen LogP contribution in [0.1, 0.15) is 46.0 Å². The van der Waals surface area contributed by atoms with E-state index in [4.69, 9.17) is 4.74 Å². The molecule has 5 heteroatoms. The molecule has 5 nitrogen and oxygen atoms in total. The van der Waals surface area contributed by atoms with Gasteiger partial charge >= 0.3 is 0 Å². The third-order valence-electron chi connectivity index (χ3n) is 3.84. The van der Waals surface area contributed by atoms with Gasteiger partial charge < -0.3 is 15.4 Å². The average molecular weight is 340 g/mol. The Morgan fingerprint density at radius 3 is 2.04 bits per heavy atom. The summed E-state index contributed by atoms with van der Waals surface area (Å²) in [7, 11) is 1.58. The molecule has 132 valence electrons. The zero-order chi connectivity index (χ0) is 18.2. The van der Waals surface area contributed by atoms with Crippen LogP contribution < -0.4 is 10.6 Å². The van der Waals surface area contributed by atoms with E-state index in [0.29, 0.717) is 35.9 Å². The second kappa shape index (κ2) is 8.99. The van der Waals surface area contributed by atoms with E-state index in [-0.39, 0.29) is 11.8 Å². The van der Waals surface area contributed by atoms with Crippen LogP contribution in [0, 0.1) is 0 Å². The summed E-state index contributed by atoms with van der Waals surface area (Å²) in [6, 6.07) is 14.4. The normalized spacial score (nSPS) is 10.6. The fourth-order valence-corrected chi connectivity index (χ4v) is 2.30. The molecule has 2 aromatic carbocycles. The monoisotopic (exact) mass is 340 g/mol. The summed E-state index contributed by atoms with van der Waals surface area (Å²) in [5.41, 5.74) is 2.98. The first-order valence-electron chi connectivity index (χ1n) is 8.29. The molecule has 2 amide bonds. The largest absolute Gasteiger partial charge is 0.383 e. The molecule has 0 heterocycles. The Morgan fingerprint density at radius 2 is 1.48 bits per heavy atom. The van der Waals surface area contributed by atoms with Gasteiger partial charge in [0.1, 0.15) is 0 Å². The first-order valence-corrected chi connectivity index (χ1v) is 8.29. The highest BCUT2D eigenvalue weighted by Gasteiger charge is 2.09. The summed E-state index contributed by atoms with van der Waals surface area (Å²) in [5.74, 6) is 0.0893. The zero-order valence-electron chi connectivity index (χ0n) is 14.8. The smallest absolute Gasteiger partial charge is 0.255 e. The lowest BCUT2D eigenvalue weighted by molar-refractivity contribution is 0.0936. The first kappa shape index (κ1) is 18.7. The molecule has 0 spiro atoms. The van der Waals surface area contributed by atoms with Gasteiger partial charge in [-0.25, -0.2) is 0 Å². The standard InChI is InChI=1S/C20H24N2O3/c1-14(2)15-4-6-17(7-5-15)20(24)22-18-10-8-16(9-11-18)19(23)21-12-13-25-3/h4-11,14H,12-13H2,1-3H3,(H,21,23)(H,22,24). The molecule has 0 saturated heterocycles. The highest BCUT2D eigenvalue weighted by Crippen LogP contribution is 2.16. The van der Waals surface area contributed by atoms with Gasteiger partial charge in [-0.2, -0.15) is 0 Å². The van der Waals surface area contributed by atoms with Crippen LogP contribution in [0.5, 0.6) is 0 Å². The lowest BCUT2D eigenvalue weighted by Crippen LogP contribution is -2.26. The molecule has 0 aliphatic heterocycles. The molecule has 0 aliphatic carbocycles. The molecule has 0 unspecified atom stereocenters. The lowest BCUT2D eigenvalue weighted by atomic mass is 10.0. The fraction of sp³-hybridized carbons (Fsp3) is 0.300. The highest BCUT2D eigenvalue weighted by atomic mass is 16.5. The van der Waals surface area contributed by atoms with Crippen molar-refractivity contribution in [3.8, 4) is 0 Å². The fourth-order valence-electron chi connectivity index (χ4n) is 2.30. The summed E-state index contributed by atoms with van der Waals surface area (Å²) in [5, 5.41) is 5.58. The second-order valence-corrected chi connectivity index (χ2v) is 6.06. The number of carbonyl (C=O) groups excluding carboxylic acids is 2. The van der Waals surface area contributed by atoms with Crippen molar-refractivity contribution in [1.82, 2.24) is 5.32 Å². The summed E-state index contributed by atoms with van der Waals surface area (Å²) < 4.78 is 4.89. The van der Waals surface area contributed by atoms with Gasteiger partial charge in [0.05, 0.1) is 6.61 Å². The maximum atomic E-state index is 12.3. The van der Waals surface area contributed by atoms with Gasteiger partial charge in [0, 0.05) is 30.5 Å². The molecule has 25 heavy (non-hydrogen) atoms. The summed E-state index contributed by atoms with van der Waals surface area (Å²) in [6.07, 6.45) is 0. The van der Waals surface area contributed by atoms with Gasteiger partial charge in [-0.3, -0.25) is 9.59 Å². The van der Waals surface area contributed by atoms with Gasteiger partial charge in [-0.05, 0) is 47.9 Å². The number of anilines is 1. The molecule has 0 saturated carbocycles. The minimum absolute atomic E-state index is 0.167. The van der Waals surface area contributed by atoms with Crippen LogP contribution in [0.25, 0.3) is 0 Å². The predicted molar refractivity (Wildman–Crippen MR) is 99.1 cm³/mol. The number of hydrogen-bond acceptors (Lipinski definition) is 3. The molecule has 2 rings (SSSR count). The Balaban J connectivity index is 1.96. The highest BCUT2D eigenvalue weighted by molar-refractivity contribution is 6.04. The molecule has 0 aromatic heterocycles. The quantitative estimate of drug-likeness (QED) is 0.759. The van der Waals surface area contributed by atoms with Crippen LogP contribution in [0.2, 0.25) is 0 Å². The van der Waals surface area contributed by atoms with Crippen LogP contribution in [0.3, 0.4) is 0 Å². The van der Waals surface area contributed by atoms with E-state index in [1.807, 2.05) is 24.3 Å². The molecule has 0 fully saturated rings. The Morgan fingerprint density at radius 1 is 0.920 bits per heavy atom. The Labute approximate surface area is 148 Å². The predicted octanol–water partition coefficient (Wildman–Crippen LogP) is 3.44. The second-order valence-electron chi connectivity index (χ2n) is 6.06. The van der Waals surface area contributed by atoms with Gasteiger partial charge in [0.2, 0.25) is 0 Å². The number of benzene rings is 2. The number of rotatable bonds is 7. The van der Waals surface area contributed by atoms with E-state index in [1.54, 1.807) is 31.4 Å². The molecule has 0 atom stereocenters. The van der Waals surface area contributed by atoms with Crippen molar-refractivity contribution in [1.29, 1.82) is 0 Å². The van der Waals surface area contributed by atoms with Crippen LogP contribution in [0.15, 0.2) is 48.5 Å². The van der Waals surface area contributed by atoms with Crippen LogP contribution in [-0.2, 0) is 4.74 Å². The van der Waals surface area contributed by atoms with Gasteiger partial charge in [0.15, 0.2) is 0 Å². The van der Waals surface area contributed by atoms with E-state index < -0.39 is 0 Å². The minimum Gasteiger partial charge on any atom is -0.383 e. The molecule has 2 N–H and O–H groups in total. The zero-order valence-corrected chi connectivity index (χ0v) is 14.8. The van der Waals surface area contributed by atoms with E-state index in [1.165, 1.54) is 5.56 Å². The Hall–Kier alpha value is -2.66. The van der Waals surface area contributed by atoms with Gasteiger partial charge in [0.25, 0.3) is 11.8 Å². The van der Waals surface area contributed by atoms with Crippen LogP contribution in [-0.4, -0.2) is 32.1 Å².